The summed E-state index contributed by atoms with van der Waals surface area (Å²) >= 11 is 0. The van der Waals surface area contributed by atoms with Crippen molar-refractivity contribution in [1.82, 2.24) is 0 Å². The molecule has 1 saturated heterocycles. The highest BCUT2D eigenvalue weighted by Gasteiger charge is 2.47. The van der Waals surface area contributed by atoms with Crippen LogP contribution in [0.1, 0.15) is 5.56 Å². The second kappa shape index (κ2) is 12.0. The van der Waals surface area contributed by atoms with Gasteiger partial charge in [-0.15, -0.1) is 0 Å². The van der Waals surface area contributed by atoms with Crippen LogP contribution in [0.15, 0.2) is 76.0 Å². The van der Waals surface area contributed by atoms with E-state index in [9.17, 15) is 45.3 Å². The molecule has 7 N–H and O–H groups in total. The second-order valence-electron chi connectivity index (χ2n) is 9.64. The zero-order valence-electron chi connectivity index (χ0n) is 22.1. The number of ether oxygens (including phenoxy) is 3. The molecule has 2 heterocycles. The number of phenols is 4. The third kappa shape index (κ3) is 6.24. The molecule has 1 aliphatic heterocycles. The Morgan fingerprint density at radius 3 is 2.33 bits per heavy atom. The summed E-state index contributed by atoms with van der Waals surface area (Å²) in [7, 11) is 0. The number of aliphatic hydroxyl groups is 3. The van der Waals surface area contributed by atoms with Gasteiger partial charge in [0.05, 0.1) is 6.61 Å². The molecule has 0 aliphatic carbocycles. The van der Waals surface area contributed by atoms with E-state index in [2.05, 4.69) is 0 Å². The number of hydrogen-bond acceptors (Lipinski definition) is 13. The van der Waals surface area contributed by atoms with Crippen LogP contribution in [0.25, 0.3) is 28.4 Å². The van der Waals surface area contributed by atoms with E-state index >= 15 is 0 Å². The van der Waals surface area contributed by atoms with E-state index in [4.69, 9.17) is 18.6 Å². The molecule has 0 radical (unpaired) electrons. The minimum Gasteiger partial charge on any atom is -0.508 e. The molecule has 13 heteroatoms. The van der Waals surface area contributed by atoms with Gasteiger partial charge >= 0.3 is 5.97 Å². The minimum absolute atomic E-state index is 0.00944. The fourth-order valence-electron chi connectivity index (χ4n) is 4.49. The van der Waals surface area contributed by atoms with Crippen LogP contribution >= 0.6 is 0 Å². The molecule has 1 fully saturated rings. The molecule has 13 nitrogen and oxygen atoms in total. The van der Waals surface area contributed by atoms with Gasteiger partial charge in [0.15, 0.2) is 29.1 Å². The highest BCUT2D eigenvalue weighted by molar-refractivity contribution is 5.87. The van der Waals surface area contributed by atoms with Crippen molar-refractivity contribution in [2.24, 2.45) is 0 Å². The topological polar surface area (TPSA) is 217 Å². The molecule has 0 saturated carbocycles. The second-order valence-corrected chi connectivity index (χ2v) is 9.64. The highest BCUT2D eigenvalue weighted by Crippen LogP contribution is 2.34. The summed E-state index contributed by atoms with van der Waals surface area (Å²) in [5, 5.41) is 70.2. The van der Waals surface area contributed by atoms with Crippen LogP contribution in [0.2, 0.25) is 0 Å². The smallest absolute Gasteiger partial charge is 0.331 e. The van der Waals surface area contributed by atoms with Crippen LogP contribution in [0.3, 0.4) is 0 Å². The average molecular weight is 595 g/mol. The van der Waals surface area contributed by atoms with Gasteiger partial charge in [-0.25, -0.2) is 4.79 Å². The Morgan fingerprint density at radius 2 is 1.63 bits per heavy atom. The Kier molecular flexibility index (Phi) is 8.23. The number of aromatic hydroxyl groups is 4. The molecule has 0 spiro atoms. The average Bonchev–Trinajstić information content (AvgIpc) is 2.97. The van der Waals surface area contributed by atoms with Crippen molar-refractivity contribution in [2.75, 3.05) is 6.61 Å². The van der Waals surface area contributed by atoms with Gasteiger partial charge in [-0.3, -0.25) is 4.79 Å². The molecular weight excluding hydrogens is 568 g/mol. The Bertz CT molecular complexity index is 1730. The first-order valence-corrected chi connectivity index (χ1v) is 12.8. The number of phenolic OH excluding ortho intramolecular Hbond substituents is 4. The van der Waals surface area contributed by atoms with Gasteiger partial charge in [0.25, 0.3) is 0 Å². The minimum atomic E-state index is -1.79. The molecule has 224 valence electrons. The summed E-state index contributed by atoms with van der Waals surface area (Å²) in [6, 6.07) is 13.2. The van der Waals surface area contributed by atoms with Gasteiger partial charge in [-0.2, -0.15) is 0 Å². The standard InChI is InChI=1S/C30H26O13/c31-13-24-27(38)29(43-25(37)8-2-14-1-7-18(33)19(34)9-14)28(39)30(42-24)40-17-10-20(35)26-21(36)12-22(41-23(26)11-17)15-3-5-16(32)6-4-15/h1-12,24,27-35,38-39H,13H2. The maximum atomic E-state index is 12.7. The number of benzene rings is 3. The number of rotatable bonds is 7. The molecule has 5 unspecified atom stereocenters. The van der Waals surface area contributed by atoms with Crippen molar-refractivity contribution in [3.05, 3.63) is 82.5 Å². The molecular formula is C30H26O13. The molecule has 1 aromatic heterocycles. The number of carbonyl (C=O) groups is 1. The van der Waals surface area contributed by atoms with Gasteiger partial charge < -0.3 is 54.4 Å². The molecule has 5 atom stereocenters. The normalized spacial score (nSPS) is 22.1. The van der Waals surface area contributed by atoms with Gasteiger partial charge in [0, 0.05) is 29.8 Å². The number of hydrogen-bond donors (Lipinski definition) is 7. The van der Waals surface area contributed by atoms with E-state index < -0.39 is 60.2 Å². The summed E-state index contributed by atoms with van der Waals surface area (Å²) in [5.41, 5.74) is 0.164. The first-order valence-electron chi connectivity index (χ1n) is 12.8. The number of aliphatic hydroxyl groups excluding tert-OH is 3. The summed E-state index contributed by atoms with van der Waals surface area (Å²) in [6.07, 6.45) is -5.84. The quantitative estimate of drug-likeness (QED) is 0.0923. The number of esters is 1. The lowest BCUT2D eigenvalue weighted by molar-refractivity contribution is -0.280. The van der Waals surface area contributed by atoms with Crippen LogP contribution in [0, 0.1) is 0 Å². The van der Waals surface area contributed by atoms with Crippen molar-refractivity contribution in [3.8, 4) is 40.1 Å². The highest BCUT2D eigenvalue weighted by atomic mass is 16.7. The van der Waals surface area contributed by atoms with E-state index in [1.807, 2.05) is 0 Å². The fourth-order valence-corrected chi connectivity index (χ4v) is 4.49. The van der Waals surface area contributed by atoms with Crippen LogP contribution in [0.5, 0.6) is 28.7 Å². The molecule has 43 heavy (non-hydrogen) atoms. The fraction of sp³-hybridized carbons (Fsp3) is 0.200. The Balaban J connectivity index is 1.38. The Morgan fingerprint density at radius 1 is 0.884 bits per heavy atom. The van der Waals surface area contributed by atoms with Gasteiger partial charge in [-0.1, -0.05) is 6.07 Å². The zero-order valence-corrected chi connectivity index (χ0v) is 22.1. The lowest BCUT2D eigenvalue weighted by Gasteiger charge is -2.41. The Labute approximate surface area is 242 Å². The van der Waals surface area contributed by atoms with E-state index in [0.717, 1.165) is 12.1 Å². The van der Waals surface area contributed by atoms with Crippen molar-refractivity contribution in [2.45, 2.75) is 30.7 Å². The summed E-state index contributed by atoms with van der Waals surface area (Å²) in [6.45, 7) is -0.738. The van der Waals surface area contributed by atoms with Crippen molar-refractivity contribution in [1.29, 1.82) is 0 Å². The van der Waals surface area contributed by atoms with E-state index in [1.165, 1.54) is 60.7 Å². The SMILES string of the molecule is O=C(C=Cc1ccc(O)c(O)c1)OC1C(O)C(CO)OC(Oc2cc(O)c3c(=O)cc(-c4ccc(O)cc4)oc3c2)C1O. The summed E-state index contributed by atoms with van der Waals surface area (Å²) in [4.78, 5) is 25.2. The van der Waals surface area contributed by atoms with Crippen LogP contribution in [0.4, 0.5) is 0 Å². The first-order chi connectivity index (χ1) is 20.5. The van der Waals surface area contributed by atoms with Gasteiger partial charge in [0.2, 0.25) is 6.29 Å². The number of fused-ring (bicyclic) bond motifs is 1. The van der Waals surface area contributed by atoms with Gasteiger partial charge in [-0.05, 0) is 48.0 Å². The molecule has 0 bridgehead atoms. The van der Waals surface area contributed by atoms with Crippen molar-refractivity contribution >= 4 is 23.0 Å². The number of carbonyl (C=O) groups excluding carboxylic acids is 1. The summed E-state index contributed by atoms with van der Waals surface area (Å²) in [5.74, 6) is -2.26. The van der Waals surface area contributed by atoms with Crippen LogP contribution < -0.4 is 10.2 Å². The predicted octanol–water partition coefficient (Wildman–Crippen LogP) is 1.73. The molecule has 5 rings (SSSR count). The largest absolute Gasteiger partial charge is 0.508 e. The first kappa shape index (κ1) is 29.4. The molecule has 0 amide bonds. The maximum Gasteiger partial charge on any atom is 0.331 e. The van der Waals surface area contributed by atoms with Crippen molar-refractivity contribution in [3.63, 3.8) is 0 Å². The van der Waals surface area contributed by atoms with Crippen molar-refractivity contribution < 1.29 is 59.2 Å². The molecule has 3 aromatic carbocycles. The van der Waals surface area contributed by atoms with Crippen LogP contribution in [-0.2, 0) is 14.3 Å². The van der Waals surface area contributed by atoms with E-state index in [0.29, 0.717) is 11.1 Å². The zero-order chi connectivity index (χ0) is 30.8. The lowest BCUT2D eigenvalue weighted by atomic mass is 9.99. The summed E-state index contributed by atoms with van der Waals surface area (Å²) < 4.78 is 22.2. The molecule has 4 aromatic rings. The molecule has 1 aliphatic rings. The van der Waals surface area contributed by atoms with E-state index in [-0.39, 0.29) is 34.0 Å². The van der Waals surface area contributed by atoms with Crippen LogP contribution in [-0.4, -0.2) is 79.0 Å². The third-order valence-electron chi connectivity index (χ3n) is 6.67. The monoisotopic (exact) mass is 594 g/mol. The maximum absolute atomic E-state index is 12.7. The van der Waals surface area contributed by atoms with E-state index in [1.54, 1.807) is 0 Å². The predicted molar refractivity (Wildman–Crippen MR) is 148 cm³/mol. The third-order valence-corrected chi connectivity index (χ3v) is 6.67. The Hall–Kier alpha value is -5.08. The lowest BCUT2D eigenvalue weighted by Crippen LogP contribution is -2.61. The van der Waals surface area contributed by atoms with Gasteiger partial charge in [0.1, 0.15) is 46.2 Å².